The van der Waals surface area contributed by atoms with Gasteiger partial charge in [-0.25, -0.2) is 0 Å². The molecule has 0 aromatic rings. The van der Waals surface area contributed by atoms with Crippen molar-refractivity contribution in [2.24, 2.45) is 5.92 Å². The van der Waals surface area contributed by atoms with Crippen molar-refractivity contribution in [1.29, 1.82) is 0 Å². The van der Waals surface area contributed by atoms with Gasteiger partial charge in [-0.05, 0) is 44.6 Å². The van der Waals surface area contributed by atoms with E-state index in [1.165, 1.54) is 51.7 Å². The van der Waals surface area contributed by atoms with Crippen LogP contribution in [0.3, 0.4) is 0 Å². The topological polar surface area (TPSA) is 12.5 Å². The molecular formula is C14H29NO. The van der Waals surface area contributed by atoms with Gasteiger partial charge in [0, 0.05) is 19.7 Å². The van der Waals surface area contributed by atoms with E-state index < -0.39 is 0 Å². The van der Waals surface area contributed by atoms with Crippen molar-refractivity contribution in [2.75, 3.05) is 26.2 Å². The molecule has 0 radical (unpaired) electrons. The van der Waals surface area contributed by atoms with Crippen LogP contribution in [0.5, 0.6) is 0 Å². The van der Waals surface area contributed by atoms with E-state index in [0.717, 1.165) is 12.5 Å². The molecule has 0 aliphatic carbocycles. The lowest BCUT2D eigenvalue weighted by atomic mass is 10.1. The van der Waals surface area contributed by atoms with Crippen LogP contribution in [0.2, 0.25) is 0 Å². The molecule has 16 heavy (non-hydrogen) atoms. The highest BCUT2D eigenvalue weighted by Gasteiger charge is 2.18. The first-order valence-corrected chi connectivity index (χ1v) is 7.06. The van der Waals surface area contributed by atoms with Gasteiger partial charge in [-0.15, -0.1) is 0 Å². The third kappa shape index (κ3) is 5.86. The molecule has 1 aliphatic heterocycles. The molecule has 2 nitrogen and oxygen atoms in total. The number of hydrogen-bond donors (Lipinski definition) is 0. The summed E-state index contributed by atoms with van der Waals surface area (Å²) in [5, 5.41) is 0. The SMILES string of the molecule is CCCN1CCC(OCCCC(C)C)CC1. The lowest BCUT2D eigenvalue weighted by Crippen LogP contribution is -2.37. The Hall–Kier alpha value is -0.0800. The second kappa shape index (κ2) is 8.08. The lowest BCUT2D eigenvalue weighted by Gasteiger charge is -2.31. The maximum absolute atomic E-state index is 5.93. The summed E-state index contributed by atoms with van der Waals surface area (Å²) in [4.78, 5) is 2.56. The Balaban J connectivity index is 1.99. The van der Waals surface area contributed by atoms with E-state index in [0.29, 0.717) is 6.10 Å². The average Bonchev–Trinajstić information content (AvgIpc) is 2.27. The van der Waals surface area contributed by atoms with Crippen LogP contribution in [0.4, 0.5) is 0 Å². The summed E-state index contributed by atoms with van der Waals surface area (Å²) in [5.74, 6) is 0.815. The molecule has 1 rings (SSSR count). The monoisotopic (exact) mass is 227 g/mol. The number of likely N-dealkylation sites (tertiary alicyclic amines) is 1. The minimum Gasteiger partial charge on any atom is -0.378 e. The number of ether oxygens (including phenoxy) is 1. The zero-order valence-corrected chi connectivity index (χ0v) is 11.4. The molecule has 0 bridgehead atoms. The van der Waals surface area contributed by atoms with Crippen molar-refractivity contribution in [3.8, 4) is 0 Å². The standard InChI is InChI=1S/C14H29NO/c1-4-9-15-10-7-14(8-11-15)16-12-5-6-13(2)3/h13-14H,4-12H2,1-3H3. The quantitative estimate of drug-likeness (QED) is 0.619. The Morgan fingerprint density at radius 1 is 1.25 bits per heavy atom. The molecule has 0 amide bonds. The van der Waals surface area contributed by atoms with Gasteiger partial charge in [0.1, 0.15) is 0 Å². The fourth-order valence-corrected chi connectivity index (χ4v) is 2.36. The number of rotatable bonds is 7. The first-order valence-electron chi connectivity index (χ1n) is 7.06. The first kappa shape index (κ1) is 14.0. The molecule has 1 fully saturated rings. The van der Waals surface area contributed by atoms with Crippen LogP contribution < -0.4 is 0 Å². The third-order valence-corrected chi connectivity index (χ3v) is 3.35. The van der Waals surface area contributed by atoms with Gasteiger partial charge in [-0.1, -0.05) is 20.8 Å². The van der Waals surface area contributed by atoms with E-state index in [2.05, 4.69) is 25.7 Å². The minimum atomic E-state index is 0.542. The molecule has 0 atom stereocenters. The smallest absolute Gasteiger partial charge is 0.0599 e. The highest BCUT2D eigenvalue weighted by molar-refractivity contribution is 4.72. The van der Waals surface area contributed by atoms with Crippen LogP contribution in [0.1, 0.15) is 52.9 Å². The maximum atomic E-state index is 5.93. The van der Waals surface area contributed by atoms with E-state index in [1.54, 1.807) is 0 Å². The normalized spacial score (nSPS) is 19.5. The van der Waals surface area contributed by atoms with Gasteiger partial charge in [0.15, 0.2) is 0 Å². The van der Waals surface area contributed by atoms with Crippen LogP contribution in [0, 0.1) is 5.92 Å². The molecule has 0 saturated carbocycles. The highest BCUT2D eigenvalue weighted by Crippen LogP contribution is 2.14. The summed E-state index contributed by atoms with van der Waals surface area (Å²) in [6.45, 7) is 11.5. The highest BCUT2D eigenvalue weighted by atomic mass is 16.5. The summed E-state index contributed by atoms with van der Waals surface area (Å²) in [6, 6.07) is 0. The van der Waals surface area contributed by atoms with Crippen LogP contribution in [-0.2, 0) is 4.74 Å². The van der Waals surface area contributed by atoms with Crippen LogP contribution in [0.15, 0.2) is 0 Å². The molecule has 0 aromatic carbocycles. The largest absolute Gasteiger partial charge is 0.378 e. The van der Waals surface area contributed by atoms with Crippen LogP contribution >= 0.6 is 0 Å². The predicted molar refractivity (Wildman–Crippen MR) is 69.8 cm³/mol. The number of nitrogens with zero attached hydrogens (tertiary/aromatic N) is 1. The molecule has 0 unspecified atom stereocenters. The fraction of sp³-hybridized carbons (Fsp3) is 1.00. The second-order valence-electron chi connectivity index (χ2n) is 5.45. The van der Waals surface area contributed by atoms with Gasteiger partial charge < -0.3 is 9.64 Å². The molecule has 2 heteroatoms. The lowest BCUT2D eigenvalue weighted by molar-refractivity contribution is 0.00526. The molecule has 1 aliphatic rings. The van der Waals surface area contributed by atoms with Gasteiger partial charge in [-0.3, -0.25) is 0 Å². The van der Waals surface area contributed by atoms with Gasteiger partial charge in [-0.2, -0.15) is 0 Å². The number of piperidine rings is 1. The second-order valence-corrected chi connectivity index (χ2v) is 5.45. The summed E-state index contributed by atoms with van der Waals surface area (Å²) < 4.78 is 5.93. The Kier molecular flexibility index (Phi) is 7.06. The molecule has 0 N–H and O–H groups in total. The Morgan fingerprint density at radius 3 is 2.50 bits per heavy atom. The summed E-state index contributed by atoms with van der Waals surface area (Å²) >= 11 is 0. The molecule has 1 saturated heterocycles. The van der Waals surface area contributed by atoms with Gasteiger partial charge in [0.2, 0.25) is 0 Å². The molecule has 0 aromatic heterocycles. The molecular weight excluding hydrogens is 198 g/mol. The van der Waals surface area contributed by atoms with E-state index in [4.69, 9.17) is 4.74 Å². The summed E-state index contributed by atoms with van der Waals surface area (Å²) in [5.41, 5.74) is 0. The van der Waals surface area contributed by atoms with Gasteiger partial charge in [0.05, 0.1) is 6.10 Å². The average molecular weight is 227 g/mol. The van der Waals surface area contributed by atoms with Crippen molar-refractivity contribution in [2.45, 2.75) is 59.0 Å². The van der Waals surface area contributed by atoms with Crippen molar-refractivity contribution in [1.82, 2.24) is 4.90 Å². The molecule has 96 valence electrons. The Bertz CT molecular complexity index is 162. The zero-order valence-electron chi connectivity index (χ0n) is 11.4. The van der Waals surface area contributed by atoms with E-state index >= 15 is 0 Å². The van der Waals surface area contributed by atoms with Crippen molar-refractivity contribution in [3.63, 3.8) is 0 Å². The maximum Gasteiger partial charge on any atom is 0.0599 e. The fourth-order valence-electron chi connectivity index (χ4n) is 2.36. The van der Waals surface area contributed by atoms with Crippen LogP contribution in [-0.4, -0.2) is 37.2 Å². The first-order chi connectivity index (χ1) is 7.72. The van der Waals surface area contributed by atoms with Crippen LogP contribution in [0.25, 0.3) is 0 Å². The van der Waals surface area contributed by atoms with Gasteiger partial charge in [0.25, 0.3) is 0 Å². The minimum absolute atomic E-state index is 0.542. The summed E-state index contributed by atoms with van der Waals surface area (Å²) in [6.07, 6.45) is 6.82. The third-order valence-electron chi connectivity index (χ3n) is 3.35. The van der Waals surface area contributed by atoms with E-state index in [1.807, 2.05) is 0 Å². The van der Waals surface area contributed by atoms with Crippen molar-refractivity contribution >= 4 is 0 Å². The zero-order chi connectivity index (χ0) is 11.8. The number of hydrogen-bond acceptors (Lipinski definition) is 2. The molecule has 1 heterocycles. The van der Waals surface area contributed by atoms with Crippen molar-refractivity contribution < 1.29 is 4.74 Å². The Labute approximate surface area is 101 Å². The van der Waals surface area contributed by atoms with Crippen molar-refractivity contribution in [3.05, 3.63) is 0 Å². The van der Waals surface area contributed by atoms with Gasteiger partial charge >= 0.3 is 0 Å². The Morgan fingerprint density at radius 2 is 1.94 bits per heavy atom. The van der Waals surface area contributed by atoms with E-state index in [-0.39, 0.29) is 0 Å². The molecule has 0 spiro atoms. The predicted octanol–water partition coefficient (Wildman–Crippen LogP) is 3.31. The van der Waals surface area contributed by atoms with E-state index in [9.17, 15) is 0 Å². The summed E-state index contributed by atoms with van der Waals surface area (Å²) in [7, 11) is 0.